The van der Waals surface area contributed by atoms with Gasteiger partial charge in [0.1, 0.15) is 0 Å². The molecule has 1 aromatic rings. The van der Waals surface area contributed by atoms with Crippen molar-refractivity contribution in [3.8, 4) is 11.5 Å². The standard InChI is InChI=1S/C17H24N2O5/c1-22-14-8-12(17(21)24-3)13(9-15(14)23-2)19-16(20)5-4-11-6-7-18-10-11/h8-9,11,18H,4-7,10H2,1-3H3,(H,19,20). The summed E-state index contributed by atoms with van der Waals surface area (Å²) in [5, 5.41) is 6.06. The van der Waals surface area contributed by atoms with Gasteiger partial charge in [0.25, 0.3) is 0 Å². The molecule has 1 aromatic carbocycles. The fourth-order valence-electron chi connectivity index (χ4n) is 2.77. The number of amides is 1. The molecule has 24 heavy (non-hydrogen) atoms. The smallest absolute Gasteiger partial charge is 0.340 e. The number of anilines is 1. The van der Waals surface area contributed by atoms with Crippen LogP contribution < -0.4 is 20.1 Å². The molecule has 0 spiro atoms. The van der Waals surface area contributed by atoms with Crippen molar-refractivity contribution in [1.82, 2.24) is 5.32 Å². The van der Waals surface area contributed by atoms with Gasteiger partial charge in [0, 0.05) is 18.6 Å². The van der Waals surface area contributed by atoms with E-state index in [9.17, 15) is 9.59 Å². The highest BCUT2D eigenvalue weighted by Crippen LogP contribution is 2.34. The molecule has 0 bridgehead atoms. The normalized spacial score (nSPS) is 16.5. The third-order valence-electron chi connectivity index (χ3n) is 4.15. The van der Waals surface area contributed by atoms with Crippen molar-refractivity contribution >= 4 is 17.6 Å². The monoisotopic (exact) mass is 336 g/mol. The van der Waals surface area contributed by atoms with E-state index in [0.29, 0.717) is 29.5 Å². The number of rotatable bonds is 7. The van der Waals surface area contributed by atoms with Gasteiger partial charge in [0.05, 0.1) is 32.6 Å². The summed E-state index contributed by atoms with van der Waals surface area (Å²) in [5.41, 5.74) is 0.583. The van der Waals surface area contributed by atoms with Gasteiger partial charge in [0.2, 0.25) is 5.91 Å². The average molecular weight is 336 g/mol. The number of hydrogen-bond donors (Lipinski definition) is 2. The molecule has 1 amide bonds. The number of esters is 1. The van der Waals surface area contributed by atoms with Gasteiger partial charge in [-0.2, -0.15) is 0 Å². The number of hydrogen-bond acceptors (Lipinski definition) is 6. The maximum atomic E-state index is 12.2. The number of methoxy groups -OCH3 is 3. The van der Waals surface area contributed by atoms with Crippen LogP contribution in [0.1, 0.15) is 29.6 Å². The second-order valence-corrected chi connectivity index (χ2v) is 5.69. The van der Waals surface area contributed by atoms with Crippen molar-refractivity contribution < 1.29 is 23.8 Å². The molecule has 2 N–H and O–H groups in total. The molecule has 0 saturated carbocycles. The lowest BCUT2D eigenvalue weighted by molar-refractivity contribution is -0.116. The lowest BCUT2D eigenvalue weighted by Crippen LogP contribution is -2.17. The number of carbonyl (C=O) groups is 2. The minimum Gasteiger partial charge on any atom is -0.493 e. The summed E-state index contributed by atoms with van der Waals surface area (Å²) in [6, 6.07) is 3.07. The van der Waals surface area contributed by atoms with E-state index in [1.807, 2.05) is 0 Å². The Bertz CT molecular complexity index is 597. The van der Waals surface area contributed by atoms with E-state index in [-0.39, 0.29) is 11.5 Å². The summed E-state index contributed by atoms with van der Waals surface area (Å²) in [5.74, 6) is 0.667. The van der Waals surface area contributed by atoms with Crippen molar-refractivity contribution in [3.63, 3.8) is 0 Å². The molecule has 1 aliphatic rings. The zero-order chi connectivity index (χ0) is 17.5. The maximum absolute atomic E-state index is 12.2. The van der Waals surface area contributed by atoms with Crippen molar-refractivity contribution in [2.45, 2.75) is 19.3 Å². The predicted octanol–water partition coefficient (Wildman–Crippen LogP) is 1.82. The minimum atomic E-state index is -0.550. The van der Waals surface area contributed by atoms with Crippen molar-refractivity contribution in [2.75, 3.05) is 39.7 Å². The first-order valence-corrected chi connectivity index (χ1v) is 7.94. The molecule has 0 radical (unpaired) electrons. The average Bonchev–Trinajstić information content (AvgIpc) is 3.12. The van der Waals surface area contributed by atoms with E-state index in [4.69, 9.17) is 14.2 Å². The van der Waals surface area contributed by atoms with Gasteiger partial charge in [0.15, 0.2) is 11.5 Å². The fraction of sp³-hybridized carbons (Fsp3) is 0.529. The van der Waals surface area contributed by atoms with Gasteiger partial charge in [-0.1, -0.05) is 0 Å². The van der Waals surface area contributed by atoms with Gasteiger partial charge in [-0.05, 0) is 31.8 Å². The van der Waals surface area contributed by atoms with Crippen LogP contribution in [0.3, 0.4) is 0 Å². The summed E-state index contributed by atoms with van der Waals surface area (Å²) in [6.45, 7) is 1.96. The van der Waals surface area contributed by atoms with Gasteiger partial charge in [-0.15, -0.1) is 0 Å². The molecule has 1 fully saturated rings. The molecule has 0 aliphatic carbocycles. The second-order valence-electron chi connectivity index (χ2n) is 5.69. The Morgan fingerprint density at radius 3 is 2.50 bits per heavy atom. The number of ether oxygens (including phenoxy) is 3. The molecular formula is C17H24N2O5. The van der Waals surface area contributed by atoms with Crippen LogP contribution in [0.5, 0.6) is 11.5 Å². The molecule has 1 aliphatic heterocycles. The number of carbonyl (C=O) groups excluding carboxylic acids is 2. The van der Waals surface area contributed by atoms with Crippen LogP contribution in [-0.2, 0) is 9.53 Å². The Morgan fingerprint density at radius 1 is 1.21 bits per heavy atom. The number of benzene rings is 1. The lowest BCUT2D eigenvalue weighted by atomic mass is 10.0. The highest BCUT2D eigenvalue weighted by molar-refractivity contribution is 6.02. The van der Waals surface area contributed by atoms with Crippen LogP contribution in [0.2, 0.25) is 0 Å². The van der Waals surface area contributed by atoms with E-state index in [1.165, 1.54) is 27.4 Å². The zero-order valence-electron chi connectivity index (χ0n) is 14.3. The molecule has 2 rings (SSSR count). The number of nitrogens with one attached hydrogen (secondary N) is 2. The van der Waals surface area contributed by atoms with Crippen LogP contribution in [-0.4, -0.2) is 46.3 Å². The summed E-state index contributed by atoms with van der Waals surface area (Å²) >= 11 is 0. The molecule has 7 heteroatoms. The van der Waals surface area contributed by atoms with Gasteiger partial charge in [-0.3, -0.25) is 4.79 Å². The first kappa shape index (κ1) is 18.1. The first-order valence-electron chi connectivity index (χ1n) is 7.94. The van der Waals surface area contributed by atoms with Crippen LogP contribution in [0, 0.1) is 5.92 Å². The Morgan fingerprint density at radius 2 is 1.92 bits per heavy atom. The Labute approximate surface area is 141 Å². The topological polar surface area (TPSA) is 85.9 Å². The lowest BCUT2D eigenvalue weighted by Gasteiger charge is -2.15. The van der Waals surface area contributed by atoms with E-state index in [2.05, 4.69) is 10.6 Å². The predicted molar refractivity (Wildman–Crippen MR) is 89.7 cm³/mol. The van der Waals surface area contributed by atoms with Gasteiger partial charge >= 0.3 is 5.97 Å². The Kier molecular flexibility index (Phi) is 6.43. The summed E-state index contributed by atoms with van der Waals surface area (Å²) in [7, 11) is 4.26. The summed E-state index contributed by atoms with van der Waals surface area (Å²) in [6.07, 6.45) is 2.32. The molecular weight excluding hydrogens is 312 g/mol. The molecule has 0 aromatic heterocycles. The summed E-state index contributed by atoms with van der Waals surface area (Å²) < 4.78 is 15.2. The van der Waals surface area contributed by atoms with E-state index >= 15 is 0 Å². The van der Waals surface area contributed by atoms with Gasteiger partial charge < -0.3 is 24.8 Å². The van der Waals surface area contributed by atoms with Gasteiger partial charge in [-0.25, -0.2) is 4.79 Å². The highest BCUT2D eigenvalue weighted by atomic mass is 16.5. The summed E-state index contributed by atoms with van der Waals surface area (Å²) in [4.78, 5) is 24.2. The van der Waals surface area contributed by atoms with E-state index in [0.717, 1.165) is 25.9 Å². The second kappa shape index (κ2) is 8.54. The molecule has 1 atom stereocenters. The third kappa shape index (κ3) is 4.38. The van der Waals surface area contributed by atoms with E-state index < -0.39 is 5.97 Å². The van der Waals surface area contributed by atoms with Crippen LogP contribution >= 0.6 is 0 Å². The Hall–Kier alpha value is -2.28. The van der Waals surface area contributed by atoms with Crippen molar-refractivity contribution in [1.29, 1.82) is 0 Å². The van der Waals surface area contributed by atoms with E-state index in [1.54, 1.807) is 6.07 Å². The quantitative estimate of drug-likeness (QED) is 0.739. The highest BCUT2D eigenvalue weighted by Gasteiger charge is 2.20. The van der Waals surface area contributed by atoms with Crippen LogP contribution in [0.4, 0.5) is 5.69 Å². The molecule has 1 heterocycles. The van der Waals surface area contributed by atoms with Crippen LogP contribution in [0.15, 0.2) is 12.1 Å². The largest absolute Gasteiger partial charge is 0.493 e. The fourth-order valence-corrected chi connectivity index (χ4v) is 2.77. The zero-order valence-corrected chi connectivity index (χ0v) is 14.3. The third-order valence-corrected chi connectivity index (χ3v) is 4.15. The maximum Gasteiger partial charge on any atom is 0.340 e. The first-order chi connectivity index (χ1) is 11.6. The van der Waals surface area contributed by atoms with Crippen molar-refractivity contribution in [2.24, 2.45) is 5.92 Å². The molecule has 1 unspecified atom stereocenters. The molecule has 1 saturated heterocycles. The van der Waals surface area contributed by atoms with Crippen molar-refractivity contribution in [3.05, 3.63) is 17.7 Å². The Balaban J connectivity index is 2.13. The molecule has 7 nitrogen and oxygen atoms in total. The minimum absolute atomic E-state index is 0.140. The molecule has 132 valence electrons. The van der Waals surface area contributed by atoms with Crippen LogP contribution in [0.25, 0.3) is 0 Å². The SMILES string of the molecule is COC(=O)c1cc(OC)c(OC)cc1NC(=O)CCC1CCNC1.